The molecular formula is C19H23F3N6O5S2. The number of benzene rings is 1. The summed E-state index contributed by atoms with van der Waals surface area (Å²) in [6, 6.07) is 2.85. The normalized spacial score (nSPS) is 14.4. The standard InChI is InChI=1S/C19H23F3N6O5S2/c1-11(2)28-6-4-5-12-9-13(14(10-15(12)28)27-35(30,31)19(20,21)22)23-25-18-26-24-16(34-18)17(29)33-8-7-32-3/h9-11,27H,4-8H2,1-3H3. The smallest absolute Gasteiger partial charge is 0.458 e. The van der Waals surface area contributed by atoms with E-state index in [1.807, 2.05) is 18.7 Å². The zero-order chi connectivity index (χ0) is 25.8. The van der Waals surface area contributed by atoms with Crippen molar-refractivity contribution in [2.75, 3.05) is 36.5 Å². The molecule has 0 aliphatic carbocycles. The zero-order valence-corrected chi connectivity index (χ0v) is 20.6. The second-order valence-corrected chi connectivity index (χ2v) is 10.3. The summed E-state index contributed by atoms with van der Waals surface area (Å²) < 4.78 is 74.1. The number of hydrogen-bond donors (Lipinski definition) is 1. The van der Waals surface area contributed by atoms with Gasteiger partial charge in [0.15, 0.2) is 0 Å². The summed E-state index contributed by atoms with van der Waals surface area (Å²) in [4.78, 5) is 13.9. The highest BCUT2D eigenvalue weighted by Gasteiger charge is 2.46. The van der Waals surface area contributed by atoms with Crippen molar-refractivity contribution in [2.24, 2.45) is 10.2 Å². The molecule has 16 heteroatoms. The van der Waals surface area contributed by atoms with Crippen LogP contribution in [0.4, 0.5) is 35.4 Å². The minimum atomic E-state index is -5.71. The summed E-state index contributed by atoms with van der Waals surface area (Å²) >= 11 is 0.750. The number of alkyl halides is 3. The summed E-state index contributed by atoms with van der Waals surface area (Å²) in [7, 11) is -4.26. The number of esters is 1. The summed E-state index contributed by atoms with van der Waals surface area (Å²) in [5.41, 5.74) is -4.65. The maximum Gasteiger partial charge on any atom is 0.516 e. The van der Waals surface area contributed by atoms with Gasteiger partial charge in [0, 0.05) is 25.4 Å². The Morgan fingerprint density at radius 2 is 2.00 bits per heavy atom. The van der Waals surface area contributed by atoms with E-state index >= 15 is 0 Å². The third kappa shape index (κ3) is 6.43. The number of hydrogen-bond acceptors (Lipinski definition) is 11. The van der Waals surface area contributed by atoms with Crippen LogP contribution in [0, 0.1) is 0 Å². The molecule has 1 aromatic heterocycles. The molecule has 2 aromatic rings. The van der Waals surface area contributed by atoms with Crippen LogP contribution in [0.1, 0.15) is 35.6 Å². The fraction of sp³-hybridized carbons (Fsp3) is 0.526. The number of rotatable bonds is 9. The van der Waals surface area contributed by atoms with Gasteiger partial charge in [0.05, 0.1) is 12.3 Å². The average Bonchev–Trinajstić information content (AvgIpc) is 3.25. The first-order valence-corrected chi connectivity index (χ1v) is 12.7. The summed E-state index contributed by atoms with van der Waals surface area (Å²) in [6.45, 7) is 4.73. The molecule has 0 bridgehead atoms. The minimum Gasteiger partial charge on any atom is -0.458 e. The first-order chi connectivity index (χ1) is 16.4. The van der Waals surface area contributed by atoms with Crippen molar-refractivity contribution in [3.8, 4) is 0 Å². The van der Waals surface area contributed by atoms with Gasteiger partial charge in [-0.1, -0.05) is 11.3 Å². The van der Waals surface area contributed by atoms with Gasteiger partial charge >= 0.3 is 21.5 Å². The van der Waals surface area contributed by atoms with Gasteiger partial charge in [-0.25, -0.2) is 4.79 Å². The van der Waals surface area contributed by atoms with Gasteiger partial charge in [-0.05, 0) is 44.4 Å². The highest BCUT2D eigenvalue weighted by Crippen LogP contribution is 2.40. The van der Waals surface area contributed by atoms with Crippen LogP contribution in [-0.2, 0) is 25.9 Å². The Hall–Kier alpha value is -2.85. The monoisotopic (exact) mass is 536 g/mol. The van der Waals surface area contributed by atoms with Gasteiger partial charge in [-0.2, -0.15) is 21.6 Å². The Morgan fingerprint density at radius 3 is 2.66 bits per heavy atom. The van der Waals surface area contributed by atoms with Crippen LogP contribution >= 0.6 is 11.3 Å². The van der Waals surface area contributed by atoms with Crippen LogP contribution < -0.4 is 9.62 Å². The number of halogens is 3. The number of fused-ring (bicyclic) bond motifs is 1. The third-order valence-electron chi connectivity index (χ3n) is 4.88. The molecule has 192 valence electrons. The largest absolute Gasteiger partial charge is 0.516 e. The molecule has 0 unspecified atom stereocenters. The van der Waals surface area contributed by atoms with Crippen LogP contribution in [0.5, 0.6) is 0 Å². The minimum absolute atomic E-state index is 0.0109. The molecule has 1 aromatic carbocycles. The van der Waals surface area contributed by atoms with Crippen LogP contribution in [0.3, 0.4) is 0 Å². The highest BCUT2D eigenvalue weighted by molar-refractivity contribution is 7.93. The molecule has 1 aliphatic heterocycles. The number of carbonyl (C=O) groups is 1. The number of nitrogens with zero attached hydrogens (tertiary/aromatic N) is 5. The molecular weight excluding hydrogens is 513 g/mol. The van der Waals surface area contributed by atoms with Crippen molar-refractivity contribution in [3.63, 3.8) is 0 Å². The Balaban J connectivity index is 1.95. The Kier molecular flexibility index (Phi) is 8.27. The Labute approximate surface area is 203 Å². The van der Waals surface area contributed by atoms with Crippen LogP contribution in [-0.4, -0.2) is 63.0 Å². The Morgan fingerprint density at radius 1 is 1.26 bits per heavy atom. The quantitative estimate of drug-likeness (QED) is 0.286. The van der Waals surface area contributed by atoms with Crippen molar-refractivity contribution in [1.82, 2.24) is 10.2 Å². The molecule has 1 N–H and O–H groups in total. The van der Waals surface area contributed by atoms with Gasteiger partial charge in [-0.15, -0.1) is 20.4 Å². The van der Waals surface area contributed by atoms with E-state index < -0.39 is 21.5 Å². The van der Waals surface area contributed by atoms with Gasteiger partial charge in [0.25, 0.3) is 5.13 Å². The van der Waals surface area contributed by atoms with E-state index in [-0.39, 0.29) is 40.8 Å². The number of nitrogens with one attached hydrogen (secondary N) is 1. The van der Waals surface area contributed by atoms with Gasteiger partial charge < -0.3 is 14.4 Å². The molecule has 0 spiro atoms. The van der Waals surface area contributed by atoms with Crippen molar-refractivity contribution >= 4 is 49.5 Å². The lowest BCUT2D eigenvalue weighted by Crippen LogP contribution is -2.35. The van der Waals surface area contributed by atoms with Crippen molar-refractivity contribution in [1.29, 1.82) is 0 Å². The second-order valence-electron chi connectivity index (χ2n) is 7.66. The lowest BCUT2D eigenvalue weighted by molar-refractivity contribution is -0.0429. The predicted octanol–water partition coefficient (Wildman–Crippen LogP) is 4.18. The average molecular weight is 537 g/mol. The molecule has 0 atom stereocenters. The maximum atomic E-state index is 13.1. The number of ether oxygens (including phenoxy) is 2. The molecule has 0 amide bonds. The van der Waals surface area contributed by atoms with Crippen molar-refractivity contribution < 1.29 is 35.9 Å². The fourth-order valence-corrected chi connectivity index (χ4v) is 4.39. The molecule has 35 heavy (non-hydrogen) atoms. The molecule has 0 fully saturated rings. The number of anilines is 2. The van der Waals surface area contributed by atoms with E-state index in [1.165, 1.54) is 19.2 Å². The second kappa shape index (κ2) is 10.8. The highest BCUT2D eigenvalue weighted by atomic mass is 32.2. The number of aromatic nitrogens is 2. The summed E-state index contributed by atoms with van der Waals surface area (Å²) in [6.07, 6.45) is 1.43. The van der Waals surface area contributed by atoms with E-state index in [4.69, 9.17) is 9.47 Å². The summed E-state index contributed by atoms with van der Waals surface area (Å²) in [5.74, 6) is -0.748. The third-order valence-corrected chi connectivity index (χ3v) is 6.76. The van der Waals surface area contributed by atoms with E-state index in [1.54, 1.807) is 4.72 Å². The number of carbonyl (C=O) groups excluding carboxylic acids is 1. The van der Waals surface area contributed by atoms with Crippen LogP contribution in [0.2, 0.25) is 0 Å². The van der Waals surface area contributed by atoms with E-state index in [0.717, 1.165) is 23.3 Å². The molecule has 0 saturated heterocycles. The summed E-state index contributed by atoms with van der Waals surface area (Å²) in [5, 5.41) is 14.9. The van der Waals surface area contributed by atoms with E-state index in [0.29, 0.717) is 18.7 Å². The molecule has 11 nitrogen and oxygen atoms in total. The van der Waals surface area contributed by atoms with E-state index in [2.05, 4.69) is 20.4 Å². The number of azo groups is 1. The number of aryl methyl sites for hydroxylation is 1. The van der Waals surface area contributed by atoms with Crippen LogP contribution in [0.25, 0.3) is 0 Å². The van der Waals surface area contributed by atoms with Gasteiger partial charge in [0.2, 0.25) is 5.01 Å². The van der Waals surface area contributed by atoms with Gasteiger partial charge in [0.1, 0.15) is 12.3 Å². The lowest BCUT2D eigenvalue weighted by atomic mass is 9.99. The molecule has 2 heterocycles. The molecule has 3 rings (SSSR count). The molecule has 0 radical (unpaired) electrons. The lowest BCUT2D eigenvalue weighted by Gasteiger charge is -2.35. The number of sulfonamides is 1. The first-order valence-electron chi connectivity index (χ1n) is 10.4. The molecule has 0 saturated carbocycles. The van der Waals surface area contributed by atoms with Crippen LogP contribution in [0.15, 0.2) is 22.4 Å². The molecule has 1 aliphatic rings. The van der Waals surface area contributed by atoms with E-state index in [9.17, 15) is 26.4 Å². The van der Waals surface area contributed by atoms with Gasteiger partial charge in [-0.3, -0.25) is 4.72 Å². The topological polar surface area (TPSA) is 135 Å². The zero-order valence-electron chi connectivity index (χ0n) is 19.0. The van der Waals surface area contributed by atoms with Crippen molar-refractivity contribution in [2.45, 2.75) is 38.2 Å². The maximum absolute atomic E-state index is 13.1. The predicted molar refractivity (Wildman–Crippen MR) is 122 cm³/mol. The van der Waals surface area contributed by atoms with Crippen molar-refractivity contribution in [3.05, 3.63) is 22.7 Å². The fourth-order valence-electron chi connectivity index (χ4n) is 3.27. The Bertz CT molecular complexity index is 1200. The SMILES string of the molecule is COCCOC(=O)c1nnc(N=Nc2cc3c(cc2NS(=O)(=O)C(F)(F)F)N(C(C)C)CCC3)s1. The first kappa shape index (κ1) is 26.7. The number of methoxy groups -OCH3 is 1.